The van der Waals surface area contributed by atoms with Crippen LogP contribution < -0.4 is 5.32 Å². The van der Waals surface area contributed by atoms with E-state index in [1.54, 1.807) is 0 Å². The number of sulfone groups is 1. The predicted molar refractivity (Wildman–Crippen MR) is 67.8 cm³/mol. The van der Waals surface area contributed by atoms with Gasteiger partial charge in [0.15, 0.2) is 9.84 Å². The predicted octanol–water partition coefficient (Wildman–Crippen LogP) is 0.247. The molecule has 4 nitrogen and oxygen atoms in total. The molecule has 0 spiro atoms. The molecule has 98 valence electrons. The van der Waals surface area contributed by atoms with Gasteiger partial charge in [-0.25, -0.2) is 8.42 Å². The summed E-state index contributed by atoms with van der Waals surface area (Å²) in [5.74, 6) is 1.18. The zero-order valence-electron chi connectivity index (χ0n) is 10.3. The fourth-order valence-electron chi connectivity index (χ4n) is 3.57. The second kappa shape index (κ2) is 4.52. The van der Waals surface area contributed by atoms with Crippen molar-refractivity contribution in [1.82, 2.24) is 10.2 Å². The van der Waals surface area contributed by atoms with Gasteiger partial charge in [0.05, 0.1) is 11.0 Å². The van der Waals surface area contributed by atoms with Crippen molar-refractivity contribution >= 4 is 9.84 Å². The molecular formula is C12H22N2O2S. The van der Waals surface area contributed by atoms with E-state index >= 15 is 0 Å². The van der Waals surface area contributed by atoms with Gasteiger partial charge in [0.25, 0.3) is 0 Å². The van der Waals surface area contributed by atoms with Crippen LogP contribution in [0.3, 0.4) is 0 Å². The van der Waals surface area contributed by atoms with Crippen molar-refractivity contribution in [1.29, 1.82) is 0 Å². The molecule has 0 aromatic rings. The molecule has 4 heterocycles. The molecule has 1 N–H and O–H groups in total. The Kier molecular flexibility index (Phi) is 3.17. The van der Waals surface area contributed by atoms with Gasteiger partial charge in [-0.05, 0) is 44.7 Å². The van der Waals surface area contributed by atoms with Crippen LogP contribution in [0.2, 0.25) is 0 Å². The van der Waals surface area contributed by atoms with E-state index in [9.17, 15) is 8.42 Å². The molecule has 4 saturated heterocycles. The molecule has 0 aromatic carbocycles. The molecule has 0 amide bonds. The van der Waals surface area contributed by atoms with E-state index in [1.807, 2.05) is 0 Å². The fraction of sp³-hybridized carbons (Fsp3) is 1.00. The van der Waals surface area contributed by atoms with Crippen LogP contribution in [0.1, 0.15) is 25.7 Å². The van der Waals surface area contributed by atoms with Gasteiger partial charge in [0.2, 0.25) is 0 Å². The zero-order valence-corrected chi connectivity index (χ0v) is 11.1. The van der Waals surface area contributed by atoms with Crippen molar-refractivity contribution in [3.63, 3.8) is 0 Å². The van der Waals surface area contributed by atoms with Crippen LogP contribution in [0.15, 0.2) is 0 Å². The summed E-state index contributed by atoms with van der Waals surface area (Å²) in [7, 11) is -2.78. The molecule has 4 fully saturated rings. The molecule has 17 heavy (non-hydrogen) atoms. The Bertz CT molecular complexity index is 374. The lowest BCUT2D eigenvalue weighted by Crippen LogP contribution is -2.57. The minimum atomic E-state index is -2.78. The Labute approximate surface area is 104 Å². The largest absolute Gasteiger partial charge is 0.311 e. The van der Waals surface area contributed by atoms with Gasteiger partial charge in [-0.1, -0.05) is 0 Å². The minimum Gasteiger partial charge on any atom is -0.311 e. The highest BCUT2D eigenvalue weighted by Gasteiger charge is 2.36. The monoisotopic (exact) mass is 258 g/mol. The van der Waals surface area contributed by atoms with Crippen LogP contribution in [-0.2, 0) is 9.84 Å². The number of hydrogen-bond acceptors (Lipinski definition) is 4. The number of hydrogen-bond donors (Lipinski definition) is 1. The van der Waals surface area contributed by atoms with Crippen molar-refractivity contribution in [2.24, 2.45) is 5.92 Å². The van der Waals surface area contributed by atoms with E-state index in [0.717, 1.165) is 25.3 Å². The van der Waals surface area contributed by atoms with E-state index in [4.69, 9.17) is 0 Å². The minimum absolute atomic E-state index is 0.113. The van der Waals surface area contributed by atoms with Gasteiger partial charge < -0.3 is 10.2 Å². The average molecular weight is 258 g/mol. The second-order valence-electron chi connectivity index (χ2n) is 5.78. The molecule has 4 aliphatic heterocycles. The quantitative estimate of drug-likeness (QED) is 0.788. The van der Waals surface area contributed by atoms with E-state index < -0.39 is 9.84 Å². The Morgan fingerprint density at radius 1 is 1.18 bits per heavy atom. The van der Waals surface area contributed by atoms with Crippen molar-refractivity contribution < 1.29 is 8.42 Å². The Hall–Kier alpha value is -0.130. The highest BCUT2D eigenvalue weighted by molar-refractivity contribution is 7.92. The first-order valence-electron chi connectivity index (χ1n) is 6.82. The highest BCUT2D eigenvalue weighted by atomic mass is 32.2. The van der Waals surface area contributed by atoms with Crippen LogP contribution in [0, 0.1) is 5.92 Å². The topological polar surface area (TPSA) is 49.4 Å². The molecule has 4 rings (SSSR count). The molecule has 2 unspecified atom stereocenters. The Balaban J connectivity index is 1.55. The smallest absolute Gasteiger partial charge is 0.154 e. The number of nitrogens with one attached hydrogen (secondary N) is 1. The number of fused-ring (bicyclic) bond motifs is 3. The third-order valence-corrected chi connectivity index (χ3v) is 7.00. The summed E-state index contributed by atoms with van der Waals surface area (Å²) < 4.78 is 23.5. The summed E-state index contributed by atoms with van der Waals surface area (Å²) in [6.07, 6.45) is 4.29. The van der Waals surface area contributed by atoms with Crippen molar-refractivity contribution in [2.45, 2.75) is 37.0 Å². The maximum absolute atomic E-state index is 11.7. The molecule has 5 heteroatoms. The molecule has 0 aliphatic carbocycles. The maximum atomic E-state index is 11.7. The second-order valence-corrected chi connectivity index (χ2v) is 8.18. The van der Waals surface area contributed by atoms with Gasteiger partial charge in [-0.3, -0.25) is 0 Å². The lowest BCUT2D eigenvalue weighted by molar-refractivity contribution is 0.0729. The summed E-state index contributed by atoms with van der Waals surface area (Å²) in [5, 5.41) is 3.42. The van der Waals surface area contributed by atoms with Gasteiger partial charge in [0.1, 0.15) is 0 Å². The third kappa shape index (κ3) is 2.37. The molecule has 2 atom stereocenters. The van der Waals surface area contributed by atoms with Gasteiger partial charge in [-0.15, -0.1) is 0 Å². The van der Waals surface area contributed by atoms with Crippen LogP contribution in [0.5, 0.6) is 0 Å². The lowest BCUT2D eigenvalue weighted by atomic mass is 9.84. The van der Waals surface area contributed by atoms with E-state index in [2.05, 4.69) is 10.2 Å². The molecule has 0 saturated carbocycles. The summed E-state index contributed by atoms with van der Waals surface area (Å²) >= 11 is 0. The summed E-state index contributed by atoms with van der Waals surface area (Å²) in [5.41, 5.74) is 0. The number of nitrogens with zero attached hydrogens (tertiary/aromatic N) is 1. The highest BCUT2D eigenvalue weighted by Crippen LogP contribution is 2.28. The number of piperidine rings is 3. The first kappa shape index (κ1) is 11.9. The fourth-order valence-corrected chi connectivity index (χ4v) is 5.34. The van der Waals surface area contributed by atoms with Gasteiger partial charge >= 0.3 is 0 Å². The SMILES string of the molecule is O=S1(=O)CCCC1CNC1CN2CCC1CC2. The maximum Gasteiger partial charge on any atom is 0.154 e. The van der Waals surface area contributed by atoms with Crippen LogP contribution in [0.4, 0.5) is 0 Å². The third-order valence-electron chi connectivity index (χ3n) is 4.73. The first-order chi connectivity index (χ1) is 8.15. The summed E-state index contributed by atoms with van der Waals surface area (Å²) in [6, 6.07) is 0.535. The average Bonchev–Trinajstić information content (AvgIpc) is 2.67. The Morgan fingerprint density at radius 2 is 1.94 bits per heavy atom. The lowest BCUT2D eigenvalue weighted by Gasteiger charge is -2.45. The summed E-state index contributed by atoms with van der Waals surface area (Å²) in [6.45, 7) is 4.28. The van der Waals surface area contributed by atoms with Crippen LogP contribution in [-0.4, -0.2) is 56.5 Å². The number of rotatable bonds is 3. The molecule has 2 bridgehead atoms. The van der Waals surface area contributed by atoms with Crippen LogP contribution >= 0.6 is 0 Å². The standard InChI is InChI=1S/C12H22N2O2S/c15-17(16)7-1-2-11(17)8-13-12-9-14-5-3-10(12)4-6-14/h10-13H,1-9H2. The Morgan fingerprint density at radius 3 is 2.47 bits per heavy atom. The molecule has 4 aliphatic rings. The zero-order chi connectivity index (χ0) is 11.9. The van der Waals surface area contributed by atoms with E-state index in [1.165, 1.54) is 25.9 Å². The van der Waals surface area contributed by atoms with Crippen LogP contribution in [0.25, 0.3) is 0 Å². The van der Waals surface area contributed by atoms with Crippen molar-refractivity contribution in [2.75, 3.05) is 31.9 Å². The molecule has 0 aromatic heterocycles. The van der Waals surface area contributed by atoms with Gasteiger partial charge in [-0.2, -0.15) is 0 Å². The van der Waals surface area contributed by atoms with Crippen molar-refractivity contribution in [3.8, 4) is 0 Å². The molecule has 0 radical (unpaired) electrons. The summed E-state index contributed by atoms with van der Waals surface area (Å²) in [4.78, 5) is 2.50. The van der Waals surface area contributed by atoms with Gasteiger partial charge in [0, 0.05) is 19.1 Å². The van der Waals surface area contributed by atoms with E-state index in [-0.39, 0.29) is 5.25 Å². The normalized spacial score (nSPS) is 44.0. The van der Waals surface area contributed by atoms with Crippen molar-refractivity contribution in [3.05, 3.63) is 0 Å². The first-order valence-corrected chi connectivity index (χ1v) is 8.54. The van der Waals surface area contributed by atoms with E-state index in [0.29, 0.717) is 18.3 Å². The molecular weight excluding hydrogens is 236 g/mol.